The number of nitrogens with zero attached hydrogens (tertiary/aromatic N) is 1. The first-order valence-electron chi connectivity index (χ1n) is 5.20. The Bertz CT molecular complexity index is 476. The van der Waals surface area contributed by atoms with E-state index in [1.165, 1.54) is 0 Å². The fourth-order valence-electron chi connectivity index (χ4n) is 1.54. The molecule has 2 nitrogen and oxygen atoms in total. The van der Waals surface area contributed by atoms with Crippen molar-refractivity contribution >= 4 is 17.1 Å². The summed E-state index contributed by atoms with van der Waals surface area (Å²) >= 11 is 1.56. The first-order chi connectivity index (χ1) is 7.74. The Balaban J connectivity index is 1.95. The van der Waals surface area contributed by atoms with Gasteiger partial charge in [0.25, 0.3) is 0 Å². The fraction of sp³-hybridized carbons (Fsp3) is 0.231. The molecule has 0 aliphatic rings. The smallest absolute Gasteiger partial charge is 0.144 e. The Morgan fingerprint density at radius 2 is 2.00 bits per heavy atom. The predicted molar refractivity (Wildman–Crippen MR) is 65.7 cm³/mol. The van der Waals surface area contributed by atoms with E-state index in [0.717, 1.165) is 16.3 Å². The van der Waals surface area contributed by atoms with Crippen LogP contribution in [0.3, 0.4) is 0 Å². The standard InChI is InChI=1S/C13H13NOS/c1-10-9-16-13(14-10)8-12(15)7-11-5-3-2-4-6-11/h2-6,9H,7-8H2,1H3. The van der Waals surface area contributed by atoms with Gasteiger partial charge in [-0.05, 0) is 12.5 Å². The van der Waals surface area contributed by atoms with E-state index in [1.54, 1.807) is 11.3 Å². The molecule has 0 fully saturated rings. The highest BCUT2D eigenvalue weighted by Crippen LogP contribution is 2.11. The van der Waals surface area contributed by atoms with Gasteiger partial charge in [-0.3, -0.25) is 4.79 Å². The summed E-state index contributed by atoms with van der Waals surface area (Å²) in [5.74, 6) is 0.223. The average Bonchev–Trinajstić information content (AvgIpc) is 2.65. The topological polar surface area (TPSA) is 30.0 Å². The number of ketones is 1. The lowest BCUT2D eigenvalue weighted by Gasteiger charge is -1.98. The number of carbonyl (C=O) groups excluding carboxylic acids is 1. The lowest BCUT2D eigenvalue weighted by Crippen LogP contribution is -2.06. The molecule has 0 aliphatic heterocycles. The maximum absolute atomic E-state index is 11.8. The molecule has 0 aliphatic carbocycles. The van der Waals surface area contributed by atoms with Crippen molar-refractivity contribution in [3.8, 4) is 0 Å². The zero-order valence-electron chi connectivity index (χ0n) is 9.14. The van der Waals surface area contributed by atoms with Crippen LogP contribution in [0.5, 0.6) is 0 Å². The number of aromatic nitrogens is 1. The van der Waals surface area contributed by atoms with Crippen LogP contribution in [0, 0.1) is 6.92 Å². The van der Waals surface area contributed by atoms with Crippen molar-refractivity contribution in [1.82, 2.24) is 4.98 Å². The number of aryl methyl sites for hydroxylation is 1. The molecule has 2 rings (SSSR count). The highest BCUT2D eigenvalue weighted by atomic mass is 32.1. The molecule has 1 heterocycles. The third-order valence-corrected chi connectivity index (χ3v) is 3.23. The minimum absolute atomic E-state index is 0.223. The summed E-state index contributed by atoms with van der Waals surface area (Å²) in [6.45, 7) is 1.95. The number of carbonyl (C=O) groups is 1. The maximum atomic E-state index is 11.8. The Labute approximate surface area is 99.0 Å². The Morgan fingerprint density at radius 3 is 2.62 bits per heavy atom. The number of rotatable bonds is 4. The normalized spacial score (nSPS) is 10.3. The molecule has 2 aromatic rings. The summed E-state index contributed by atoms with van der Waals surface area (Å²) < 4.78 is 0. The third kappa shape index (κ3) is 3.00. The molecule has 0 radical (unpaired) electrons. The first kappa shape index (κ1) is 11.0. The van der Waals surface area contributed by atoms with Gasteiger partial charge in [0.15, 0.2) is 0 Å². The van der Waals surface area contributed by atoms with Crippen LogP contribution in [-0.2, 0) is 17.6 Å². The van der Waals surface area contributed by atoms with Crippen LogP contribution in [0.25, 0.3) is 0 Å². The molecule has 1 aromatic carbocycles. The van der Waals surface area contributed by atoms with Crippen molar-refractivity contribution in [1.29, 1.82) is 0 Å². The molecule has 1 aromatic heterocycles. The average molecular weight is 231 g/mol. The van der Waals surface area contributed by atoms with Gasteiger partial charge in [0.05, 0.1) is 6.42 Å². The minimum Gasteiger partial charge on any atom is -0.299 e. The van der Waals surface area contributed by atoms with E-state index in [-0.39, 0.29) is 5.78 Å². The summed E-state index contributed by atoms with van der Waals surface area (Å²) in [6.07, 6.45) is 0.951. The quantitative estimate of drug-likeness (QED) is 0.810. The van der Waals surface area contributed by atoms with Gasteiger partial charge in [-0.1, -0.05) is 30.3 Å². The Hall–Kier alpha value is -1.48. The van der Waals surface area contributed by atoms with Gasteiger partial charge >= 0.3 is 0 Å². The second-order valence-electron chi connectivity index (χ2n) is 3.76. The second kappa shape index (κ2) is 5.03. The molecular weight excluding hydrogens is 218 g/mol. The van der Waals surface area contributed by atoms with Gasteiger partial charge in [-0.25, -0.2) is 4.98 Å². The number of hydrogen-bond donors (Lipinski definition) is 0. The molecule has 0 saturated heterocycles. The van der Waals surface area contributed by atoms with E-state index in [9.17, 15) is 4.79 Å². The van der Waals surface area contributed by atoms with Crippen molar-refractivity contribution in [3.63, 3.8) is 0 Å². The van der Waals surface area contributed by atoms with E-state index in [1.807, 2.05) is 42.6 Å². The highest BCUT2D eigenvalue weighted by Gasteiger charge is 2.07. The number of Topliss-reactive ketones (excluding diaryl/α,β-unsaturated/α-hetero) is 1. The van der Waals surface area contributed by atoms with Gasteiger partial charge < -0.3 is 0 Å². The fourth-order valence-corrected chi connectivity index (χ4v) is 2.34. The molecule has 16 heavy (non-hydrogen) atoms. The van der Waals surface area contributed by atoms with Crippen molar-refractivity contribution in [2.75, 3.05) is 0 Å². The van der Waals surface area contributed by atoms with Crippen molar-refractivity contribution < 1.29 is 4.79 Å². The number of hydrogen-bond acceptors (Lipinski definition) is 3. The molecule has 82 valence electrons. The van der Waals surface area contributed by atoms with E-state index < -0.39 is 0 Å². The lowest BCUT2D eigenvalue weighted by molar-refractivity contribution is -0.117. The van der Waals surface area contributed by atoms with Crippen LogP contribution in [-0.4, -0.2) is 10.8 Å². The zero-order chi connectivity index (χ0) is 11.4. The van der Waals surface area contributed by atoms with Crippen LogP contribution in [0.2, 0.25) is 0 Å². The van der Waals surface area contributed by atoms with E-state index in [0.29, 0.717) is 12.8 Å². The van der Waals surface area contributed by atoms with Crippen LogP contribution in [0.15, 0.2) is 35.7 Å². The highest BCUT2D eigenvalue weighted by molar-refractivity contribution is 7.09. The summed E-state index contributed by atoms with van der Waals surface area (Å²) in [5.41, 5.74) is 2.06. The molecular formula is C13H13NOS. The Morgan fingerprint density at radius 1 is 1.25 bits per heavy atom. The third-order valence-electron chi connectivity index (χ3n) is 2.26. The monoisotopic (exact) mass is 231 g/mol. The van der Waals surface area contributed by atoms with Gasteiger partial charge in [-0.2, -0.15) is 0 Å². The van der Waals surface area contributed by atoms with Gasteiger partial charge in [0.1, 0.15) is 10.8 Å². The van der Waals surface area contributed by atoms with Crippen LogP contribution in [0.4, 0.5) is 0 Å². The van der Waals surface area contributed by atoms with Crippen LogP contribution in [0.1, 0.15) is 16.3 Å². The second-order valence-corrected chi connectivity index (χ2v) is 4.70. The summed E-state index contributed by atoms with van der Waals surface area (Å²) in [6, 6.07) is 9.82. The van der Waals surface area contributed by atoms with Gasteiger partial charge in [-0.15, -0.1) is 11.3 Å². The molecule has 0 atom stereocenters. The maximum Gasteiger partial charge on any atom is 0.144 e. The van der Waals surface area contributed by atoms with E-state index in [2.05, 4.69) is 4.98 Å². The van der Waals surface area contributed by atoms with E-state index >= 15 is 0 Å². The molecule has 0 N–H and O–H groups in total. The zero-order valence-corrected chi connectivity index (χ0v) is 9.96. The van der Waals surface area contributed by atoms with Crippen molar-refractivity contribution in [3.05, 3.63) is 52.0 Å². The first-order valence-corrected chi connectivity index (χ1v) is 6.08. The van der Waals surface area contributed by atoms with Gasteiger partial charge in [0, 0.05) is 17.5 Å². The molecule has 0 amide bonds. The Kier molecular flexibility index (Phi) is 3.47. The molecule has 3 heteroatoms. The van der Waals surface area contributed by atoms with E-state index in [4.69, 9.17) is 0 Å². The largest absolute Gasteiger partial charge is 0.299 e. The number of benzene rings is 1. The number of thiazole rings is 1. The summed E-state index contributed by atoms with van der Waals surface area (Å²) in [5, 5.41) is 2.89. The lowest BCUT2D eigenvalue weighted by atomic mass is 10.1. The predicted octanol–water partition coefficient (Wildman–Crippen LogP) is 2.81. The molecule has 0 saturated carbocycles. The van der Waals surface area contributed by atoms with Crippen molar-refractivity contribution in [2.45, 2.75) is 19.8 Å². The molecule has 0 spiro atoms. The van der Waals surface area contributed by atoms with Crippen LogP contribution < -0.4 is 0 Å². The molecule has 0 bridgehead atoms. The van der Waals surface area contributed by atoms with Gasteiger partial charge in [0.2, 0.25) is 0 Å². The minimum atomic E-state index is 0.223. The van der Waals surface area contributed by atoms with Crippen LogP contribution >= 0.6 is 11.3 Å². The summed E-state index contributed by atoms with van der Waals surface area (Å²) in [4.78, 5) is 16.0. The van der Waals surface area contributed by atoms with Crippen molar-refractivity contribution in [2.24, 2.45) is 0 Å². The summed E-state index contributed by atoms with van der Waals surface area (Å²) in [7, 11) is 0. The molecule has 0 unspecified atom stereocenters. The SMILES string of the molecule is Cc1csc(CC(=O)Cc2ccccc2)n1.